The number of nitrogens with one attached hydrogen (secondary N) is 1. The van der Waals surface area contributed by atoms with Crippen molar-refractivity contribution in [2.45, 2.75) is 32.1 Å². The van der Waals surface area contributed by atoms with Gasteiger partial charge in [0.2, 0.25) is 16.7 Å². The molecule has 1 atom stereocenters. The molecule has 2 aliphatic rings. The summed E-state index contributed by atoms with van der Waals surface area (Å²) < 4.78 is 13.9. The smallest absolute Gasteiger partial charge is 0.270 e. The minimum absolute atomic E-state index is 0.129. The summed E-state index contributed by atoms with van der Waals surface area (Å²) in [5.74, 6) is -1.74. The van der Waals surface area contributed by atoms with Gasteiger partial charge in [0, 0.05) is 26.0 Å². The van der Waals surface area contributed by atoms with E-state index in [1.54, 1.807) is 0 Å². The molecule has 0 unspecified atom stereocenters. The topological polar surface area (TPSA) is 82.1 Å². The molecular formula is C16H17FN4O3S. The van der Waals surface area contributed by atoms with Crippen LogP contribution in [0.15, 0.2) is 23.3 Å². The van der Waals surface area contributed by atoms with Crippen molar-refractivity contribution >= 4 is 40.3 Å². The molecule has 0 fully saturated rings. The third kappa shape index (κ3) is 2.58. The van der Waals surface area contributed by atoms with Crippen molar-refractivity contribution < 1.29 is 18.8 Å². The molecule has 1 N–H and O–H groups in total. The molecule has 1 spiro atoms. The van der Waals surface area contributed by atoms with E-state index in [4.69, 9.17) is 0 Å². The summed E-state index contributed by atoms with van der Waals surface area (Å²) in [5.41, 5.74) is 0.904. The predicted molar refractivity (Wildman–Crippen MR) is 92.1 cm³/mol. The molecule has 25 heavy (non-hydrogen) atoms. The Hall–Kier alpha value is -2.42. The highest BCUT2D eigenvalue weighted by Crippen LogP contribution is 2.54. The van der Waals surface area contributed by atoms with E-state index in [0.717, 1.165) is 16.8 Å². The van der Waals surface area contributed by atoms with E-state index in [1.165, 1.54) is 36.9 Å². The number of halogens is 1. The number of thioether (sulfide) groups is 1. The van der Waals surface area contributed by atoms with Gasteiger partial charge in [-0.2, -0.15) is 5.01 Å². The first kappa shape index (κ1) is 17.4. The van der Waals surface area contributed by atoms with Crippen molar-refractivity contribution in [3.8, 4) is 0 Å². The van der Waals surface area contributed by atoms with Crippen LogP contribution in [0.4, 0.5) is 10.1 Å². The first-order chi connectivity index (χ1) is 11.8. The summed E-state index contributed by atoms with van der Waals surface area (Å²) in [6.45, 7) is 4.93. The molecular weight excluding hydrogens is 347 g/mol. The van der Waals surface area contributed by atoms with Crippen molar-refractivity contribution in [2.75, 3.05) is 11.4 Å². The summed E-state index contributed by atoms with van der Waals surface area (Å²) in [7, 11) is 0. The monoisotopic (exact) mass is 364 g/mol. The van der Waals surface area contributed by atoms with Gasteiger partial charge in [-0.25, -0.2) is 4.39 Å². The molecule has 0 saturated carbocycles. The lowest BCUT2D eigenvalue weighted by atomic mass is 10.1. The molecule has 2 heterocycles. The summed E-state index contributed by atoms with van der Waals surface area (Å²) in [6.07, 6.45) is 0.697. The molecule has 0 radical (unpaired) electrons. The second-order valence-electron chi connectivity index (χ2n) is 5.78. The van der Waals surface area contributed by atoms with Crippen molar-refractivity contribution in [2.24, 2.45) is 5.10 Å². The molecule has 3 amide bonds. The van der Waals surface area contributed by atoms with E-state index >= 15 is 0 Å². The second-order valence-corrected chi connectivity index (χ2v) is 6.96. The van der Waals surface area contributed by atoms with E-state index in [-0.39, 0.29) is 17.0 Å². The van der Waals surface area contributed by atoms with Crippen molar-refractivity contribution in [3.05, 3.63) is 29.6 Å². The van der Waals surface area contributed by atoms with Crippen LogP contribution >= 0.6 is 11.8 Å². The molecule has 0 bridgehead atoms. The largest absolute Gasteiger partial charge is 0.309 e. The van der Waals surface area contributed by atoms with Gasteiger partial charge in [-0.3, -0.25) is 14.4 Å². The fraction of sp³-hybridized carbons (Fsp3) is 0.375. The maximum atomic E-state index is 13.9. The van der Waals surface area contributed by atoms with Crippen LogP contribution in [0.1, 0.15) is 32.8 Å². The molecule has 3 rings (SSSR count). The van der Waals surface area contributed by atoms with Gasteiger partial charge < -0.3 is 10.2 Å². The number of carbonyl (C=O) groups excluding carboxylic acids is 3. The second kappa shape index (κ2) is 6.14. The zero-order valence-corrected chi connectivity index (χ0v) is 14.8. The molecule has 0 saturated heterocycles. The van der Waals surface area contributed by atoms with Crippen LogP contribution < -0.4 is 10.2 Å². The van der Waals surface area contributed by atoms with Crippen LogP contribution in [0.25, 0.3) is 0 Å². The lowest BCUT2D eigenvalue weighted by Crippen LogP contribution is -2.48. The highest BCUT2D eigenvalue weighted by atomic mass is 32.2. The number of amidine groups is 1. The van der Waals surface area contributed by atoms with Crippen molar-refractivity contribution in [3.63, 3.8) is 0 Å². The van der Waals surface area contributed by atoms with Crippen LogP contribution in [0, 0.1) is 5.82 Å². The van der Waals surface area contributed by atoms with Crippen LogP contribution in [0.2, 0.25) is 0 Å². The van der Waals surface area contributed by atoms with Gasteiger partial charge in [-0.05, 0) is 36.4 Å². The molecule has 1 aromatic carbocycles. The van der Waals surface area contributed by atoms with Gasteiger partial charge in [-0.15, -0.1) is 5.10 Å². The highest BCUT2D eigenvalue weighted by molar-refractivity contribution is 8.15. The maximum Gasteiger partial charge on any atom is 0.270 e. The SMILES string of the molecule is CCCN1C(=O)[C@]2(SC(NC(C)=O)=NN2C(C)=O)c2cc(F)ccc21. The Labute approximate surface area is 148 Å². The summed E-state index contributed by atoms with van der Waals surface area (Å²) >= 11 is 0.940. The Kier molecular flexibility index (Phi) is 4.28. The maximum absolute atomic E-state index is 13.9. The van der Waals surface area contributed by atoms with Gasteiger partial charge >= 0.3 is 0 Å². The number of hydrogen-bond donors (Lipinski definition) is 1. The van der Waals surface area contributed by atoms with Gasteiger partial charge in [0.1, 0.15) is 5.82 Å². The number of benzene rings is 1. The Morgan fingerprint density at radius 2 is 2.08 bits per heavy atom. The number of rotatable bonds is 2. The summed E-state index contributed by atoms with van der Waals surface area (Å²) in [6, 6.07) is 4.06. The number of carbonyl (C=O) groups is 3. The summed E-state index contributed by atoms with van der Waals surface area (Å²) in [4.78, 5) is 36.8. The third-order valence-corrected chi connectivity index (χ3v) is 5.15. The van der Waals surface area contributed by atoms with Crippen LogP contribution in [0.5, 0.6) is 0 Å². The first-order valence-corrected chi connectivity index (χ1v) is 8.61. The number of amides is 3. The number of hydrazone groups is 1. The third-order valence-electron chi connectivity index (χ3n) is 3.91. The Balaban J connectivity index is 2.17. The number of fused-ring (bicyclic) bond motifs is 2. The molecule has 0 aromatic heterocycles. The molecule has 1 aromatic rings. The van der Waals surface area contributed by atoms with Crippen molar-refractivity contribution in [1.29, 1.82) is 0 Å². The summed E-state index contributed by atoms with van der Waals surface area (Å²) in [5, 5.41) is 7.76. The fourth-order valence-electron chi connectivity index (χ4n) is 3.03. The van der Waals surface area contributed by atoms with Crippen LogP contribution in [-0.4, -0.2) is 34.4 Å². The van der Waals surface area contributed by atoms with Gasteiger partial charge in [-0.1, -0.05) is 6.92 Å². The Morgan fingerprint density at radius 1 is 1.36 bits per heavy atom. The van der Waals surface area contributed by atoms with E-state index in [2.05, 4.69) is 10.4 Å². The lowest BCUT2D eigenvalue weighted by Gasteiger charge is -2.29. The normalized spacial score (nSPS) is 21.6. The van der Waals surface area contributed by atoms with Crippen molar-refractivity contribution in [1.82, 2.24) is 10.3 Å². The zero-order chi connectivity index (χ0) is 18.4. The number of hydrogen-bond acceptors (Lipinski definition) is 5. The van der Waals surface area contributed by atoms with E-state index in [0.29, 0.717) is 24.2 Å². The minimum Gasteiger partial charge on any atom is -0.309 e. The standard InChI is InChI=1S/C16H17FN4O3S/c1-4-7-20-13-6-5-11(17)8-12(13)16(14(20)24)21(10(3)23)19-15(25-16)18-9(2)22/h5-6,8H,4,7H2,1-3H3,(H,18,19,22)/t16-/m1/s1. The molecule has 9 heteroatoms. The molecule has 132 valence electrons. The lowest BCUT2D eigenvalue weighted by molar-refractivity contribution is -0.139. The average Bonchev–Trinajstić information content (AvgIpc) is 3.00. The minimum atomic E-state index is -1.53. The quantitative estimate of drug-likeness (QED) is 0.867. The highest BCUT2D eigenvalue weighted by Gasteiger charge is 2.61. The van der Waals surface area contributed by atoms with Gasteiger partial charge in [0.15, 0.2) is 5.17 Å². The Morgan fingerprint density at radius 3 is 2.68 bits per heavy atom. The van der Waals surface area contributed by atoms with Crippen LogP contribution in [0.3, 0.4) is 0 Å². The number of anilines is 1. The first-order valence-electron chi connectivity index (χ1n) is 7.79. The van der Waals surface area contributed by atoms with Crippen LogP contribution in [-0.2, 0) is 19.3 Å². The Bertz CT molecular complexity index is 813. The molecule has 0 aliphatic carbocycles. The van der Waals surface area contributed by atoms with E-state index < -0.39 is 16.6 Å². The molecule has 2 aliphatic heterocycles. The fourth-order valence-corrected chi connectivity index (χ4v) is 4.35. The average molecular weight is 364 g/mol. The van der Waals surface area contributed by atoms with Gasteiger partial charge in [0.25, 0.3) is 5.91 Å². The van der Waals surface area contributed by atoms with Gasteiger partial charge in [0.05, 0.1) is 5.69 Å². The van der Waals surface area contributed by atoms with E-state index in [9.17, 15) is 18.8 Å². The number of nitrogens with zero attached hydrogens (tertiary/aromatic N) is 3. The predicted octanol–water partition coefficient (Wildman–Crippen LogP) is 1.74. The molecule has 7 nitrogen and oxygen atoms in total. The zero-order valence-electron chi connectivity index (χ0n) is 14.0. The van der Waals surface area contributed by atoms with E-state index in [1.807, 2.05) is 6.92 Å².